The molecule has 3 N–H and O–H groups in total. The number of aliphatic hydroxyl groups excluding tert-OH is 1. The number of benzene rings is 3. The van der Waals surface area contributed by atoms with Crippen molar-refractivity contribution < 1.29 is 19.0 Å². The second-order valence-corrected chi connectivity index (χ2v) is 11.4. The molecule has 2 atom stereocenters. The van der Waals surface area contributed by atoms with Crippen molar-refractivity contribution in [3.05, 3.63) is 103 Å². The van der Waals surface area contributed by atoms with Crippen molar-refractivity contribution in [2.24, 2.45) is 14.1 Å². The Labute approximate surface area is 258 Å². The third-order valence-electron chi connectivity index (χ3n) is 8.27. The number of aryl methyl sites for hydroxylation is 1. The summed E-state index contributed by atoms with van der Waals surface area (Å²) in [7, 11) is 4.27. The van der Waals surface area contributed by atoms with Crippen LogP contribution in [0.2, 0.25) is 5.02 Å². The fraction of sp³-hybridized carbons (Fsp3) is 0.303. The summed E-state index contributed by atoms with van der Waals surface area (Å²) in [5.41, 5.74) is 2.63. The summed E-state index contributed by atoms with van der Waals surface area (Å²) in [6, 6.07) is 13.8. The van der Waals surface area contributed by atoms with Gasteiger partial charge in [-0.15, -0.1) is 0 Å². The van der Waals surface area contributed by atoms with Gasteiger partial charge in [0.15, 0.2) is 0 Å². The van der Waals surface area contributed by atoms with Gasteiger partial charge in [0, 0.05) is 55.3 Å². The van der Waals surface area contributed by atoms with Crippen LogP contribution in [0.3, 0.4) is 0 Å². The van der Waals surface area contributed by atoms with Crippen molar-refractivity contribution in [1.82, 2.24) is 14.5 Å². The Kier molecular flexibility index (Phi) is 9.05. The van der Waals surface area contributed by atoms with Crippen LogP contribution in [0.25, 0.3) is 22.3 Å². The molecule has 1 fully saturated rings. The van der Waals surface area contributed by atoms with Crippen molar-refractivity contribution in [3.8, 4) is 28.0 Å². The molecule has 0 saturated heterocycles. The first-order chi connectivity index (χ1) is 21.0. The van der Waals surface area contributed by atoms with E-state index < -0.39 is 29.1 Å². The van der Waals surface area contributed by atoms with E-state index in [1.807, 2.05) is 25.1 Å². The Hall–Kier alpha value is -4.25. The van der Waals surface area contributed by atoms with Crippen LogP contribution in [-0.2, 0) is 20.6 Å². The molecule has 1 saturated carbocycles. The minimum Gasteiger partial charge on any atom is -0.496 e. The predicted octanol–water partition coefficient (Wildman–Crippen LogP) is 4.78. The molecule has 11 heteroatoms. The van der Waals surface area contributed by atoms with Gasteiger partial charge < -0.3 is 25.0 Å². The minimum absolute atomic E-state index is 0.0829. The summed E-state index contributed by atoms with van der Waals surface area (Å²) in [5.74, 6) is -0.737. The van der Waals surface area contributed by atoms with Gasteiger partial charge in [-0.2, -0.15) is 0 Å². The lowest BCUT2D eigenvalue weighted by Crippen LogP contribution is -2.40. The van der Waals surface area contributed by atoms with Crippen LogP contribution in [0.15, 0.2) is 64.3 Å². The highest BCUT2D eigenvalue weighted by Gasteiger charge is 2.26. The lowest BCUT2D eigenvalue weighted by molar-refractivity contribution is 0.102. The Morgan fingerprint density at radius 2 is 1.80 bits per heavy atom. The number of halogens is 2. The highest BCUT2D eigenvalue weighted by atomic mass is 35.5. The maximum absolute atomic E-state index is 15.5. The quantitative estimate of drug-likeness (QED) is 0.261. The number of rotatable bonds is 8. The number of anilines is 1. The second kappa shape index (κ2) is 12.8. The van der Waals surface area contributed by atoms with E-state index in [4.69, 9.17) is 16.3 Å². The molecule has 9 nitrogen and oxygen atoms in total. The predicted molar refractivity (Wildman–Crippen MR) is 169 cm³/mol. The van der Waals surface area contributed by atoms with Crippen molar-refractivity contribution in [2.75, 3.05) is 12.4 Å². The molecular weight excluding hydrogens is 587 g/mol. The number of amides is 1. The average molecular weight is 621 g/mol. The largest absolute Gasteiger partial charge is 0.496 e. The first-order valence-corrected chi connectivity index (χ1v) is 14.6. The molecule has 0 spiro atoms. The van der Waals surface area contributed by atoms with Gasteiger partial charge in [-0.25, -0.2) is 9.18 Å². The van der Waals surface area contributed by atoms with Crippen LogP contribution in [0.1, 0.15) is 40.7 Å². The maximum Gasteiger partial charge on any atom is 0.330 e. The van der Waals surface area contributed by atoms with Gasteiger partial charge in [0.25, 0.3) is 11.5 Å². The fourth-order valence-corrected chi connectivity index (χ4v) is 6.05. The summed E-state index contributed by atoms with van der Waals surface area (Å²) in [4.78, 5) is 37.7. The molecule has 44 heavy (non-hydrogen) atoms. The van der Waals surface area contributed by atoms with Crippen LogP contribution >= 0.6 is 11.6 Å². The van der Waals surface area contributed by atoms with Gasteiger partial charge in [0.2, 0.25) is 0 Å². The van der Waals surface area contributed by atoms with Crippen LogP contribution in [0.4, 0.5) is 10.1 Å². The van der Waals surface area contributed by atoms with E-state index in [1.54, 1.807) is 24.3 Å². The number of carbonyl (C=O) groups excluding carboxylic acids is 1. The molecule has 1 aliphatic carbocycles. The summed E-state index contributed by atoms with van der Waals surface area (Å²) >= 11 is 6.96. The molecule has 0 aliphatic heterocycles. The lowest BCUT2D eigenvalue weighted by Gasteiger charge is -2.19. The molecule has 0 bridgehead atoms. The molecule has 1 aromatic heterocycles. The number of hydrogen-bond acceptors (Lipinski definition) is 6. The number of aromatic nitrogens is 2. The summed E-state index contributed by atoms with van der Waals surface area (Å²) < 4.78 is 23.1. The van der Waals surface area contributed by atoms with E-state index in [0.717, 1.165) is 29.4 Å². The van der Waals surface area contributed by atoms with Gasteiger partial charge in [-0.1, -0.05) is 41.9 Å². The van der Waals surface area contributed by atoms with Crippen molar-refractivity contribution in [1.29, 1.82) is 0 Å². The second-order valence-electron chi connectivity index (χ2n) is 11.0. The van der Waals surface area contributed by atoms with Gasteiger partial charge in [0.05, 0.1) is 18.2 Å². The molecule has 1 amide bonds. The SMILES string of the molecule is COc1cc(-c2cccc(-c3cccc(NC(=O)c4cn(C)c(=O)n(C)c4=O)c3C)c2Cl)cc(F)c1CN[C@H]1CCC[C@@H]1O. The number of carbonyl (C=O) groups is 1. The normalized spacial score (nSPS) is 16.2. The first kappa shape index (κ1) is 31.2. The standard InChI is InChI=1S/C33H34ClFN4O5/c1-18-20(8-6-11-26(18)37-31(41)24-17-38(2)33(43)39(3)32(24)42)22-10-5-9-21(30(22)34)19-14-25(35)23(29(15-19)44-4)16-36-27-12-7-13-28(27)40/h5-6,8-11,14-15,17,27-28,36,40H,7,12-13,16H2,1-4H3,(H,37,41)/t27-,28-/m0/s1. The Morgan fingerprint density at radius 3 is 2.50 bits per heavy atom. The molecule has 1 aliphatic rings. The van der Waals surface area contributed by atoms with Crippen LogP contribution in [0.5, 0.6) is 5.75 Å². The van der Waals surface area contributed by atoms with Gasteiger partial charge >= 0.3 is 5.69 Å². The lowest BCUT2D eigenvalue weighted by atomic mass is 9.94. The topological polar surface area (TPSA) is 115 Å². The van der Waals surface area contributed by atoms with Crippen LogP contribution in [-0.4, -0.2) is 39.4 Å². The van der Waals surface area contributed by atoms with Gasteiger partial charge in [-0.3, -0.25) is 14.2 Å². The minimum atomic E-state index is -0.698. The Morgan fingerprint density at radius 1 is 1.09 bits per heavy atom. The fourth-order valence-electron chi connectivity index (χ4n) is 5.71. The van der Waals surface area contributed by atoms with Crippen LogP contribution in [0, 0.1) is 12.7 Å². The van der Waals surface area contributed by atoms with Crippen LogP contribution < -0.4 is 26.6 Å². The highest BCUT2D eigenvalue weighted by Crippen LogP contribution is 2.41. The zero-order valence-electron chi connectivity index (χ0n) is 24.9. The van der Waals surface area contributed by atoms with E-state index in [1.165, 1.54) is 38.0 Å². The third-order valence-corrected chi connectivity index (χ3v) is 8.68. The zero-order chi connectivity index (χ0) is 31.7. The third kappa shape index (κ3) is 5.93. The first-order valence-electron chi connectivity index (χ1n) is 14.3. The van der Waals surface area contributed by atoms with Crippen molar-refractivity contribution >= 4 is 23.2 Å². The smallest absolute Gasteiger partial charge is 0.330 e. The Bertz CT molecular complexity index is 1870. The number of aliphatic hydroxyl groups is 1. The summed E-state index contributed by atoms with van der Waals surface area (Å²) in [6.07, 6.45) is 3.26. The monoisotopic (exact) mass is 620 g/mol. The van der Waals surface area contributed by atoms with E-state index in [2.05, 4.69) is 10.6 Å². The number of nitrogens with zero attached hydrogens (tertiary/aromatic N) is 2. The molecule has 0 radical (unpaired) electrons. The molecule has 230 valence electrons. The van der Waals surface area contributed by atoms with Gasteiger partial charge in [-0.05, 0) is 61.1 Å². The number of ether oxygens (including phenoxy) is 1. The highest BCUT2D eigenvalue weighted by molar-refractivity contribution is 6.36. The average Bonchev–Trinajstić information content (AvgIpc) is 3.42. The molecule has 5 rings (SSSR count). The Balaban J connectivity index is 1.46. The van der Waals surface area contributed by atoms with E-state index in [-0.39, 0.29) is 18.2 Å². The molecule has 0 unspecified atom stereocenters. The molecule has 1 heterocycles. The number of methoxy groups -OCH3 is 1. The van der Waals surface area contributed by atoms with Crippen molar-refractivity contribution in [3.63, 3.8) is 0 Å². The van der Waals surface area contributed by atoms with Crippen molar-refractivity contribution in [2.45, 2.75) is 44.9 Å². The molecule has 4 aromatic rings. The van der Waals surface area contributed by atoms with E-state index >= 15 is 4.39 Å². The van der Waals surface area contributed by atoms with Gasteiger partial charge in [0.1, 0.15) is 17.1 Å². The summed E-state index contributed by atoms with van der Waals surface area (Å²) in [5, 5.41) is 16.5. The number of nitrogens with one attached hydrogen (secondary N) is 2. The molecule has 3 aromatic carbocycles. The number of hydrogen-bond donors (Lipinski definition) is 3. The van der Waals surface area contributed by atoms with E-state index in [9.17, 15) is 19.5 Å². The maximum atomic E-state index is 15.5. The molecular formula is C33H34ClFN4O5. The summed E-state index contributed by atoms with van der Waals surface area (Å²) in [6.45, 7) is 2.03. The zero-order valence-corrected chi connectivity index (χ0v) is 25.7. The van der Waals surface area contributed by atoms with E-state index in [0.29, 0.717) is 44.3 Å².